The molecule has 2 N–H and O–H groups in total. The molecule has 0 heterocycles. The molecule has 0 aromatic heterocycles. The first-order valence-electron chi connectivity index (χ1n) is 16.7. The lowest BCUT2D eigenvalue weighted by Gasteiger charge is -2.45. The first-order chi connectivity index (χ1) is 22.2. The van der Waals surface area contributed by atoms with Crippen molar-refractivity contribution in [3.8, 4) is 12.3 Å². The third kappa shape index (κ3) is 11.7. The number of terminal acetylenes is 1. The van der Waals surface area contributed by atoms with Gasteiger partial charge in [0, 0.05) is 17.5 Å². The molecule has 0 fully saturated rings. The van der Waals surface area contributed by atoms with Crippen molar-refractivity contribution in [1.82, 2.24) is 15.5 Å². The van der Waals surface area contributed by atoms with Gasteiger partial charge in [-0.2, -0.15) is 0 Å². The number of esters is 1. The highest BCUT2D eigenvalue weighted by Crippen LogP contribution is 2.34. The van der Waals surface area contributed by atoms with E-state index in [1.807, 2.05) is 65.0 Å². The van der Waals surface area contributed by atoms with Gasteiger partial charge in [-0.3, -0.25) is 9.59 Å². The molecule has 2 rings (SSSR count). The smallest absolute Gasteiger partial charge is 0.408 e. The van der Waals surface area contributed by atoms with Gasteiger partial charge in [0.25, 0.3) is 0 Å². The topological polar surface area (TPSA) is 114 Å². The van der Waals surface area contributed by atoms with Crippen molar-refractivity contribution in [3.63, 3.8) is 0 Å². The third-order valence-electron chi connectivity index (χ3n) is 8.10. The van der Waals surface area contributed by atoms with E-state index in [-0.39, 0.29) is 12.3 Å². The van der Waals surface area contributed by atoms with Crippen molar-refractivity contribution in [3.05, 3.63) is 71.3 Å². The fraction of sp³-hybridized carbons (Fsp3) is 0.538. The average Bonchev–Trinajstić information content (AvgIpc) is 3.00. The molecule has 0 aliphatic carbocycles. The van der Waals surface area contributed by atoms with Crippen molar-refractivity contribution < 1.29 is 28.7 Å². The Morgan fingerprint density at radius 3 is 1.88 bits per heavy atom. The Hall–Kier alpha value is -4.32. The average molecular weight is 662 g/mol. The van der Waals surface area contributed by atoms with E-state index in [1.54, 1.807) is 65.8 Å². The van der Waals surface area contributed by atoms with Crippen molar-refractivity contribution >= 4 is 23.9 Å². The standard InChI is InChI=1S/C39H55N3O6/c1-13-26(4)31(41-36(46)48-38(8,9)10)34(44)42(39(11,12)15-3)32(29-23-21-27(14-2)22-24-29)33(43)40-30(35(45)47-37(5,6)7)25-28-19-17-16-18-20-28/h2,16-24,26,30-32H,13,15,25H2,1,3-12H3,(H,40,43)(H,41,46). The Morgan fingerprint density at radius 2 is 1.40 bits per heavy atom. The van der Waals surface area contributed by atoms with E-state index in [1.165, 1.54) is 4.90 Å². The highest BCUT2D eigenvalue weighted by atomic mass is 16.6. The van der Waals surface area contributed by atoms with Crippen LogP contribution in [-0.4, -0.2) is 57.6 Å². The zero-order valence-electron chi connectivity index (χ0n) is 30.6. The summed E-state index contributed by atoms with van der Waals surface area (Å²) in [5.41, 5.74) is -0.555. The third-order valence-corrected chi connectivity index (χ3v) is 8.10. The second kappa shape index (κ2) is 16.7. The van der Waals surface area contributed by atoms with E-state index >= 15 is 0 Å². The summed E-state index contributed by atoms with van der Waals surface area (Å²) in [7, 11) is 0. The van der Waals surface area contributed by atoms with Gasteiger partial charge in [-0.05, 0) is 91.0 Å². The highest BCUT2D eigenvalue weighted by Gasteiger charge is 2.45. The monoisotopic (exact) mass is 661 g/mol. The minimum Gasteiger partial charge on any atom is -0.458 e. The molecule has 0 saturated carbocycles. The first-order valence-corrected chi connectivity index (χ1v) is 16.7. The lowest BCUT2D eigenvalue weighted by atomic mass is 9.89. The van der Waals surface area contributed by atoms with E-state index in [0.717, 1.165) is 5.56 Å². The summed E-state index contributed by atoms with van der Waals surface area (Å²) in [5.74, 6) is 0.648. The maximum absolute atomic E-state index is 14.8. The highest BCUT2D eigenvalue weighted by molar-refractivity contribution is 5.94. The zero-order chi connectivity index (χ0) is 36.4. The molecular formula is C39H55N3O6. The van der Waals surface area contributed by atoms with E-state index in [0.29, 0.717) is 24.0 Å². The molecule has 2 aromatic carbocycles. The van der Waals surface area contributed by atoms with Crippen LogP contribution in [0.15, 0.2) is 54.6 Å². The van der Waals surface area contributed by atoms with Gasteiger partial charge in [-0.25, -0.2) is 9.59 Å². The zero-order valence-corrected chi connectivity index (χ0v) is 30.6. The van der Waals surface area contributed by atoms with Gasteiger partial charge in [0.05, 0.1) is 0 Å². The van der Waals surface area contributed by atoms with Crippen LogP contribution in [0.5, 0.6) is 0 Å². The van der Waals surface area contributed by atoms with Gasteiger partial charge in [-0.1, -0.05) is 75.6 Å². The molecule has 2 aromatic rings. The van der Waals surface area contributed by atoms with E-state index in [4.69, 9.17) is 15.9 Å². The van der Waals surface area contributed by atoms with E-state index in [2.05, 4.69) is 16.6 Å². The minimum absolute atomic E-state index is 0.172. The molecule has 9 nitrogen and oxygen atoms in total. The number of alkyl carbamates (subject to hydrolysis) is 1. The predicted octanol–water partition coefficient (Wildman–Crippen LogP) is 6.73. The van der Waals surface area contributed by atoms with Gasteiger partial charge in [0.1, 0.15) is 29.3 Å². The molecule has 9 heteroatoms. The number of ether oxygens (including phenoxy) is 2. The second-order valence-electron chi connectivity index (χ2n) is 14.8. The van der Waals surface area contributed by atoms with Crippen LogP contribution < -0.4 is 10.6 Å². The largest absolute Gasteiger partial charge is 0.458 e. The quantitative estimate of drug-likeness (QED) is 0.182. The molecule has 3 amide bonds. The number of carbonyl (C=O) groups excluding carboxylic acids is 4. The fourth-order valence-electron chi connectivity index (χ4n) is 5.06. The molecule has 262 valence electrons. The van der Waals surface area contributed by atoms with Crippen LogP contribution in [0.25, 0.3) is 0 Å². The Bertz CT molecular complexity index is 1430. The Balaban J connectivity index is 2.74. The molecular weight excluding hydrogens is 606 g/mol. The predicted molar refractivity (Wildman–Crippen MR) is 189 cm³/mol. The Labute approximate surface area is 287 Å². The summed E-state index contributed by atoms with van der Waals surface area (Å²) >= 11 is 0. The molecule has 0 aliphatic heterocycles. The van der Waals surface area contributed by atoms with E-state index < -0.39 is 58.7 Å². The lowest BCUT2D eigenvalue weighted by molar-refractivity contribution is -0.159. The maximum Gasteiger partial charge on any atom is 0.408 e. The molecule has 0 spiro atoms. The van der Waals surface area contributed by atoms with Crippen molar-refractivity contribution in [2.45, 2.75) is 130 Å². The second-order valence-corrected chi connectivity index (χ2v) is 14.8. The number of amides is 3. The van der Waals surface area contributed by atoms with Gasteiger partial charge < -0.3 is 25.0 Å². The van der Waals surface area contributed by atoms with Crippen molar-refractivity contribution in [2.75, 3.05) is 0 Å². The number of benzene rings is 2. The van der Waals surface area contributed by atoms with Gasteiger partial charge in [0.15, 0.2) is 0 Å². The van der Waals surface area contributed by atoms with Crippen LogP contribution in [-0.2, 0) is 30.3 Å². The van der Waals surface area contributed by atoms with Gasteiger partial charge >= 0.3 is 12.1 Å². The normalized spacial score (nSPS) is 14.4. The summed E-state index contributed by atoms with van der Waals surface area (Å²) in [6.07, 6.45) is 6.12. The van der Waals surface area contributed by atoms with Crippen LogP contribution in [0.3, 0.4) is 0 Å². The lowest BCUT2D eigenvalue weighted by Crippen LogP contribution is -2.61. The molecule has 4 unspecified atom stereocenters. The van der Waals surface area contributed by atoms with Gasteiger partial charge in [0.2, 0.25) is 11.8 Å². The van der Waals surface area contributed by atoms with Crippen molar-refractivity contribution in [2.24, 2.45) is 5.92 Å². The van der Waals surface area contributed by atoms with E-state index in [9.17, 15) is 19.2 Å². The Morgan fingerprint density at radius 1 is 0.833 bits per heavy atom. The van der Waals surface area contributed by atoms with Crippen molar-refractivity contribution in [1.29, 1.82) is 0 Å². The van der Waals surface area contributed by atoms with Gasteiger partial charge in [-0.15, -0.1) is 6.42 Å². The number of hydrogen-bond acceptors (Lipinski definition) is 6. The number of nitrogens with one attached hydrogen (secondary N) is 2. The Kier molecular flexibility index (Phi) is 13.8. The summed E-state index contributed by atoms with van der Waals surface area (Å²) in [4.78, 5) is 57.7. The SMILES string of the molecule is C#Cc1ccc(C(C(=O)NC(Cc2ccccc2)C(=O)OC(C)(C)C)N(C(=O)C(NC(=O)OC(C)(C)C)C(C)CC)C(C)(C)CC)cc1. The summed E-state index contributed by atoms with van der Waals surface area (Å²) in [5, 5.41) is 5.74. The molecule has 0 bridgehead atoms. The van der Waals surface area contributed by atoms with Crippen LogP contribution in [0, 0.1) is 18.3 Å². The molecule has 0 saturated heterocycles. The number of carbonyl (C=O) groups is 4. The minimum atomic E-state index is -1.20. The molecule has 4 atom stereocenters. The van der Waals surface area contributed by atoms with Crippen LogP contribution in [0.1, 0.15) is 112 Å². The number of rotatable bonds is 13. The summed E-state index contributed by atoms with van der Waals surface area (Å²) in [6.45, 7) is 20.0. The molecule has 48 heavy (non-hydrogen) atoms. The number of nitrogens with zero attached hydrogens (tertiary/aromatic N) is 1. The molecule has 0 aliphatic rings. The molecule has 0 radical (unpaired) electrons. The first kappa shape index (κ1) is 39.9. The fourth-order valence-corrected chi connectivity index (χ4v) is 5.06. The summed E-state index contributed by atoms with van der Waals surface area (Å²) < 4.78 is 11.3. The maximum atomic E-state index is 14.8. The number of hydrogen-bond donors (Lipinski definition) is 2. The van der Waals surface area contributed by atoms with Crippen LogP contribution in [0.4, 0.5) is 4.79 Å². The summed E-state index contributed by atoms with van der Waals surface area (Å²) in [6, 6.07) is 12.9. The van der Waals surface area contributed by atoms with Crippen LogP contribution >= 0.6 is 0 Å². The van der Waals surface area contributed by atoms with Crippen LogP contribution in [0.2, 0.25) is 0 Å².